The molecule has 0 saturated carbocycles. The smallest absolute Gasteiger partial charge is 0.131 e. The quantitative estimate of drug-likeness (QED) is 0.751. The van der Waals surface area contributed by atoms with Crippen molar-refractivity contribution in [2.45, 2.75) is 39.8 Å². The average Bonchev–Trinajstić information content (AvgIpc) is 2.94. The molecule has 1 N–H and O–H groups in total. The number of hydrogen-bond acceptors (Lipinski definition) is 4. The highest BCUT2D eigenvalue weighted by Gasteiger charge is 2.02. The summed E-state index contributed by atoms with van der Waals surface area (Å²) < 4.78 is 5.81. The predicted molar refractivity (Wildman–Crippen MR) is 84.3 cm³/mol. The summed E-state index contributed by atoms with van der Waals surface area (Å²) in [6.07, 6.45) is 2.14. The van der Waals surface area contributed by atoms with Gasteiger partial charge >= 0.3 is 0 Å². The van der Waals surface area contributed by atoms with E-state index in [0.29, 0.717) is 6.61 Å². The van der Waals surface area contributed by atoms with Gasteiger partial charge in [0, 0.05) is 11.9 Å². The predicted octanol–water partition coefficient (Wildman–Crippen LogP) is 3.78. The Balaban J connectivity index is 1.87. The molecule has 0 saturated heterocycles. The molecule has 0 aliphatic rings. The third-order valence-electron chi connectivity index (χ3n) is 2.94. The Morgan fingerprint density at radius 2 is 2.20 bits per heavy atom. The minimum Gasteiger partial charge on any atom is -0.487 e. The highest BCUT2D eigenvalue weighted by Crippen LogP contribution is 2.16. The maximum atomic E-state index is 5.81. The molecule has 0 aliphatic carbocycles. The highest BCUT2D eigenvalue weighted by molar-refractivity contribution is 7.09. The molecule has 1 aromatic carbocycles. The summed E-state index contributed by atoms with van der Waals surface area (Å²) >= 11 is 1.70. The lowest BCUT2D eigenvalue weighted by atomic mass is 10.2. The number of ether oxygens (including phenoxy) is 1. The molecule has 3 nitrogen and oxygen atoms in total. The summed E-state index contributed by atoms with van der Waals surface area (Å²) in [5.74, 6) is 0.909. The molecule has 0 spiro atoms. The second-order valence-corrected chi connectivity index (χ2v) is 5.64. The molecule has 4 heteroatoms. The Labute approximate surface area is 125 Å². The first-order valence-electron chi connectivity index (χ1n) is 7.17. The molecule has 0 aliphatic heterocycles. The van der Waals surface area contributed by atoms with E-state index in [-0.39, 0.29) is 0 Å². The van der Waals surface area contributed by atoms with E-state index in [0.717, 1.165) is 37.4 Å². The number of aryl methyl sites for hydroxylation is 1. The summed E-state index contributed by atoms with van der Waals surface area (Å²) in [5, 5.41) is 6.64. The van der Waals surface area contributed by atoms with Crippen molar-refractivity contribution in [2.75, 3.05) is 6.54 Å². The molecule has 0 fully saturated rings. The van der Waals surface area contributed by atoms with Gasteiger partial charge < -0.3 is 10.1 Å². The number of thiazole rings is 1. The lowest BCUT2D eigenvalue weighted by Crippen LogP contribution is -2.13. The van der Waals surface area contributed by atoms with Crippen molar-refractivity contribution in [3.8, 4) is 5.75 Å². The van der Waals surface area contributed by atoms with Crippen LogP contribution in [0.1, 0.15) is 36.5 Å². The first-order chi connectivity index (χ1) is 9.81. The molecule has 0 radical (unpaired) electrons. The van der Waals surface area contributed by atoms with Gasteiger partial charge in [0.2, 0.25) is 0 Å². The Bertz CT molecular complexity index is 525. The summed E-state index contributed by atoms with van der Waals surface area (Å²) in [6, 6.07) is 8.25. The molecule has 1 aromatic heterocycles. The number of hydrogen-bond donors (Lipinski definition) is 1. The van der Waals surface area contributed by atoms with Gasteiger partial charge in [0.05, 0.1) is 10.7 Å². The fraction of sp³-hybridized carbons (Fsp3) is 0.438. The Hall–Kier alpha value is -1.39. The minimum atomic E-state index is 0.544. The molecule has 0 unspecified atom stereocenters. The van der Waals surface area contributed by atoms with E-state index in [2.05, 4.69) is 41.7 Å². The van der Waals surface area contributed by atoms with E-state index in [1.165, 1.54) is 10.6 Å². The molecular formula is C16H22N2OS. The van der Waals surface area contributed by atoms with Crippen LogP contribution in [-0.4, -0.2) is 11.5 Å². The van der Waals surface area contributed by atoms with Crippen LogP contribution in [0.3, 0.4) is 0 Å². The molecule has 0 bridgehead atoms. The molecule has 0 atom stereocenters. The van der Waals surface area contributed by atoms with Crippen molar-refractivity contribution in [3.63, 3.8) is 0 Å². The van der Waals surface area contributed by atoms with E-state index in [9.17, 15) is 0 Å². The summed E-state index contributed by atoms with van der Waals surface area (Å²) in [7, 11) is 0. The van der Waals surface area contributed by atoms with Crippen LogP contribution in [0.2, 0.25) is 0 Å². The van der Waals surface area contributed by atoms with Gasteiger partial charge in [-0.05, 0) is 37.1 Å². The van der Waals surface area contributed by atoms with Crippen molar-refractivity contribution in [1.82, 2.24) is 10.3 Å². The van der Waals surface area contributed by atoms with E-state index in [1.54, 1.807) is 11.3 Å². The number of nitrogens with one attached hydrogen (secondary N) is 1. The van der Waals surface area contributed by atoms with Crippen molar-refractivity contribution >= 4 is 11.3 Å². The third kappa shape index (κ3) is 4.62. The summed E-state index contributed by atoms with van der Waals surface area (Å²) in [4.78, 5) is 4.51. The van der Waals surface area contributed by atoms with Gasteiger partial charge in [-0.2, -0.15) is 0 Å². The lowest BCUT2D eigenvalue weighted by molar-refractivity contribution is 0.301. The van der Waals surface area contributed by atoms with Crippen LogP contribution in [0.4, 0.5) is 0 Å². The molecule has 2 aromatic rings. The number of rotatable bonds is 8. The monoisotopic (exact) mass is 290 g/mol. The zero-order valence-corrected chi connectivity index (χ0v) is 13.0. The standard InChI is InChI=1S/C16H22N2OS/c1-3-8-17-10-13-6-5-7-15(9-13)19-11-14-12-20-16(4-2)18-14/h5-7,9,12,17H,3-4,8,10-11H2,1-2H3. The molecule has 108 valence electrons. The van der Waals surface area contributed by atoms with Crippen molar-refractivity contribution in [3.05, 3.63) is 45.9 Å². The lowest BCUT2D eigenvalue weighted by Gasteiger charge is -2.07. The highest BCUT2D eigenvalue weighted by atomic mass is 32.1. The van der Waals surface area contributed by atoms with Gasteiger partial charge in [-0.3, -0.25) is 0 Å². The van der Waals surface area contributed by atoms with Gasteiger partial charge in [-0.25, -0.2) is 4.98 Å². The van der Waals surface area contributed by atoms with Gasteiger partial charge in [-0.15, -0.1) is 11.3 Å². The summed E-state index contributed by atoms with van der Waals surface area (Å²) in [5.41, 5.74) is 2.27. The zero-order chi connectivity index (χ0) is 14.2. The second-order valence-electron chi connectivity index (χ2n) is 4.70. The molecule has 0 amide bonds. The SMILES string of the molecule is CCCNCc1cccc(OCc2csc(CC)n2)c1. The van der Waals surface area contributed by atoms with Crippen LogP contribution in [0.15, 0.2) is 29.6 Å². The fourth-order valence-corrected chi connectivity index (χ4v) is 2.62. The van der Waals surface area contributed by atoms with Gasteiger partial charge in [0.1, 0.15) is 12.4 Å². The largest absolute Gasteiger partial charge is 0.487 e. The van der Waals surface area contributed by atoms with Crippen molar-refractivity contribution in [1.29, 1.82) is 0 Å². The maximum absolute atomic E-state index is 5.81. The Kier molecular flexibility index (Phi) is 6.02. The van der Waals surface area contributed by atoms with Gasteiger partial charge in [0.25, 0.3) is 0 Å². The van der Waals surface area contributed by atoms with Crippen molar-refractivity contribution in [2.24, 2.45) is 0 Å². The number of nitrogens with zero attached hydrogens (tertiary/aromatic N) is 1. The van der Waals surface area contributed by atoms with E-state index in [1.807, 2.05) is 12.1 Å². The third-order valence-corrected chi connectivity index (χ3v) is 3.98. The van der Waals surface area contributed by atoms with E-state index in [4.69, 9.17) is 4.74 Å². The maximum Gasteiger partial charge on any atom is 0.131 e. The molecule has 1 heterocycles. The summed E-state index contributed by atoms with van der Waals surface area (Å²) in [6.45, 7) is 6.77. The van der Waals surface area contributed by atoms with Gasteiger partial charge in [0.15, 0.2) is 0 Å². The van der Waals surface area contributed by atoms with E-state index >= 15 is 0 Å². The minimum absolute atomic E-state index is 0.544. The Morgan fingerprint density at radius 3 is 2.95 bits per heavy atom. The normalized spacial score (nSPS) is 10.7. The van der Waals surface area contributed by atoms with E-state index < -0.39 is 0 Å². The first-order valence-corrected chi connectivity index (χ1v) is 8.05. The van der Waals surface area contributed by atoms with Crippen molar-refractivity contribution < 1.29 is 4.74 Å². The first kappa shape index (κ1) is 15.0. The van der Waals surface area contributed by atoms with Crippen LogP contribution >= 0.6 is 11.3 Å². The van der Waals surface area contributed by atoms with Crippen LogP contribution < -0.4 is 10.1 Å². The zero-order valence-electron chi connectivity index (χ0n) is 12.2. The topological polar surface area (TPSA) is 34.1 Å². The molecule has 2 rings (SSSR count). The number of benzene rings is 1. The molecule has 20 heavy (non-hydrogen) atoms. The number of aromatic nitrogens is 1. The fourth-order valence-electron chi connectivity index (χ4n) is 1.89. The van der Waals surface area contributed by atoms with Crippen LogP contribution in [0.25, 0.3) is 0 Å². The molecular weight excluding hydrogens is 268 g/mol. The average molecular weight is 290 g/mol. The second kappa shape index (κ2) is 8.02. The Morgan fingerprint density at radius 1 is 1.30 bits per heavy atom. The van der Waals surface area contributed by atoms with Gasteiger partial charge in [-0.1, -0.05) is 26.0 Å². The van der Waals surface area contributed by atoms with Crippen LogP contribution in [0.5, 0.6) is 5.75 Å². The van der Waals surface area contributed by atoms with Crippen LogP contribution in [-0.2, 0) is 19.6 Å². The van der Waals surface area contributed by atoms with Crippen LogP contribution in [0, 0.1) is 0 Å².